The summed E-state index contributed by atoms with van der Waals surface area (Å²) in [4.78, 5) is 31.1. The van der Waals surface area contributed by atoms with Gasteiger partial charge in [-0.05, 0) is 25.0 Å². The first-order valence-corrected chi connectivity index (χ1v) is 10.9. The van der Waals surface area contributed by atoms with Crippen molar-refractivity contribution in [2.45, 2.75) is 35.9 Å². The Hall–Kier alpha value is -1.84. The fourth-order valence-corrected chi connectivity index (χ4v) is 4.95. The van der Waals surface area contributed by atoms with E-state index in [9.17, 15) is 14.0 Å². The maximum absolute atomic E-state index is 14.7. The van der Waals surface area contributed by atoms with Crippen LogP contribution >= 0.6 is 34.7 Å². The van der Waals surface area contributed by atoms with Gasteiger partial charge in [-0.15, -0.1) is 11.8 Å². The number of urea groups is 1. The number of carboxylic acids is 1. The van der Waals surface area contributed by atoms with Crippen LogP contribution in [0.5, 0.6) is 0 Å². The minimum atomic E-state index is -0.923. The molecule has 150 valence electrons. The number of thioether (sulfide) groups is 1. The molecule has 0 radical (unpaired) electrons. The molecule has 0 aliphatic heterocycles. The van der Waals surface area contributed by atoms with Crippen molar-refractivity contribution < 1.29 is 19.1 Å². The predicted molar refractivity (Wildman–Crippen MR) is 110 cm³/mol. The molecule has 1 N–H and O–H groups in total. The summed E-state index contributed by atoms with van der Waals surface area (Å²) in [5.41, 5.74) is 0.160. The number of nitrogens with zero attached hydrogens (tertiary/aromatic N) is 3. The van der Waals surface area contributed by atoms with Gasteiger partial charge in [0.15, 0.2) is 10.9 Å². The van der Waals surface area contributed by atoms with E-state index >= 15 is 0 Å². The van der Waals surface area contributed by atoms with Crippen molar-refractivity contribution in [2.75, 3.05) is 22.6 Å². The van der Waals surface area contributed by atoms with Crippen LogP contribution in [0.1, 0.15) is 25.7 Å². The predicted octanol–water partition coefficient (Wildman–Crippen LogP) is 5.12. The summed E-state index contributed by atoms with van der Waals surface area (Å²) in [6.07, 6.45) is 5.09. The zero-order chi connectivity index (χ0) is 20.3. The number of carbonyl (C=O) groups excluding carboxylic acids is 1. The molecule has 6 nitrogen and oxygen atoms in total. The molecule has 1 saturated carbocycles. The molecule has 1 aromatic heterocycles. The molecule has 10 heteroatoms. The summed E-state index contributed by atoms with van der Waals surface area (Å²) in [6, 6.07) is 4.14. The molecule has 1 heterocycles. The first-order chi connectivity index (χ1) is 13.4. The van der Waals surface area contributed by atoms with Gasteiger partial charge in [0.2, 0.25) is 0 Å². The summed E-state index contributed by atoms with van der Waals surface area (Å²) < 4.78 is 15.4. The number of aromatic nitrogens is 1. The third kappa shape index (κ3) is 4.59. The molecule has 28 heavy (non-hydrogen) atoms. The van der Waals surface area contributed by atoms with E-state index in [2.05, 4.69) is 4.98 Å². The van der Waals surface area contributed by atoms with Gasteiger partial charge in [0.05, 0.1) is 26.9 Å². The van der Waals surface area contributed by atoms with Gasteiger partial charge in [-0.2, -0.15) is 0 Å². The van der Waals surface area contributed by atoms with Gasteiger partial charge in [-0.1, -0.05) is 41.8 Å². The number of rotatable bonds is 6. The van der Waals surface area contributed by atoms with Crippen LogP contribution in [0.15, 0.2) is 28.6 Å². The number of thiazole rings is 1. The van der Waals surface area contributed by atoms with Gasteiger partial charge in [0.1, 0.15) is 0 Å². The van der Waals surface area contributed by atoms with Crippen molar-refractivity contribution >= 4 is 57.5 Å². The standard InChI is InChI=1S/C18H19ClFN3O3S2/c1-22(17-21-9-15(28-17)27-10-14(24)25)18(26)23(11-5-2-3-6-11)13-8-4-7-12(19)16(13)20/h4,7-9,11H,2-3,5-6,10H2,1H3,(H,24,25). The Morgan fingerprint density at radius 2 is 2.11 bits per heavy atom. The first kappa shape index (κ1) is 20.9. The number of aliphatic carboxylic acids is 1. The molecule has 0 unspecified atom stereocenters. The quantitative estimate of drug-likeness (QED) is 0.627. The topological polar surface area (TPSA) is 73.7 Å². The van der Waals surface area contributed by atoms with E-state index in [0.29, 0.717) is 9.34 Å². The molecule has 1 aliphatic carbocycles. The number of hydrogen-bond acceptors (Lipinski definition) is 5. The molecule has 0 atom stereocenters. The summed E-state index contributed by atoms with van der Waals surface area (Å²) in [5, 5.41) is 9.18. The third-order valence-corrected chi connectivity index (χ3v) is 7.02. The van der Waals surface area contributed by atoms with Crippen LogP contribution in [0.4, 0.5) is 20.0 Å². The SMILES string of the molecule is CN(C(=O)N(c1cccc(Cl)c1F)C1CCCC1)c1ncc(SCC(=O)O)s1. The van der Waals surface area contributed by atoms with E-state index in [1.54, 1.807) is 19.2 Å². The largest absolute Gasteiger partial charge is 0.481 e. The van der Waals surface area contributed by atoms with E-state index in [4.69, 9.17) is 16.7 Å². The van der Waals surface area contributed by atoms with Gasteiger partial charge in [0, 0.05) is 13.1 Å². The Morgan fingerprint density at radius 1 is 1.39 bits per heavy atom. The molecule has 0 spiro atoms. The molecule has 1 aromatic carbocycles. The number of halogens is 2. The fourth-order valence-electron chi connectivity index (χ4n) is 3.15. The fraction of sp³-hybridized carbons (Fsp3) is 0.389. The highest BCUT2D eigenvalue weighted by atomic mass is 35.5. The van der Waals surface area contributed by atoms with Crippen molar-refractivity contribution in [3.05, 3.63) is 35.2 Å². The lowest BCUT2D eigenvalue weighted by molar-refractivity contribution is -0.133. The molecule has 2 amide bonds. The Balaban J connectivity index is 1.86. The minimum Gasteiger partial charge on any atom is -0.481 e. The smallest absolute Gasteiger partial charge is 0.330 e. The average Bonchev–Trinajstić information content (AvgIpc) is 3.35. The highest BCUT2D eigenvalue weighted by molar-refractivity contribution is 8.01. The Bertz CT molecular complexity index is 874. The summed E-state index contributed by atoms with van der Waals surface area (Å²) in [6.45, 7) is 0. The number of amides is 2. The molecule has 2 aromatic rings. The molecule has 1 fully saturated rings. The van der Waals surface area contributed by atoms with Gasteiger partial charge in [0.25, 0.3) is 0 Å². The van der Waals surface area contributed by atoms with Crippen molar-refractivity contribution in [3.63, 3.8) is 0 Å². The highest BCUT2D eigenvalue weighted by Gasteiger charge is 2.33. The van der Waals surface area contributed by atoms with Crippen molar-refractivity contribution in [3.8, 4) is 0 Å². The van der Waals surface area contributed by atoms with Crippen LogP contribution < -0.4 is 9.80 Å². The zero-order valence-corrected chi connectivity index (χ0v) is 17.5. The molecule has 1 aliphatic rings. The zero-order valence-electron chi connectivity index (χ0n) is 15.1. The lowest BCUT2D eigenvalue weighted by Crippen LogP contribution is -2.47. The van der Waals surface area contributed by atoms with Crippen LogP contribution in [0, 0.1) is 5.82 Å². The Kier molecular flexibility index (Phi) is 6.79. The lowest BCUT2D eigenvalue weighted by Gasteiger charge is -2.32. The van der Waals surface area contributed by atoms with Crippen molar-refractivity contribution in [1.82, 2.24) is 4.98 Å². The van der Waals surface area contributed by atoms with Crippen molar-refractivity contribution in [1.29, 1.82) is 0 Å². The van der Waals surface area contributed by atoms with E-state index in [1.807, 2.05) is 0 Å². The maximum atomic E-state index is 14.7. The second-order valence-electron chi connectivity index (χ2n) is 6.37. The number of anilines is 2. The normalized spacial score (nSPS) is 14.2. The average molecular weight is 444 g/mol. The molecule has 0 saturated heterocycles. The maximum Gasteiger partial charge on any atom is 0.330 e. The second-order valence-corrected chi connectivity index (χ2v) is 9.06. The third-order valence-electron chi connectivity index (χ3n) is 4.47. The Morgan fingerprint density at radius 3 is 2.79 bits per heavy atom. The first-order valence-electron chi connectivity index (χ1n) is 8.70. The minimum absolute atomic E-state index is 0.0300. The van der Waals surface area contributed by atoms with Crippen LogP contribution in [-0.2, 0) is 4.79 Å². The van der Waals surface area contributed by atoms with Crippen LogP contribution in [0.2, 0.25) is 5.02 Å². The number of carboxylic acid groups (broad SMARTS) is 1. The van der Waals surface area contributed by atoms with Gasteiger partial charge >= 0.3 is 12.0 Å². The van der Waals surface area contributed by atoms with E-state index < -0.39 is 17.8 Å². The van der Waals surface area contributed by atoms with Crippen LogP contribution in [-0.4, -0.2) is 40.9 Å². The van der Waals surface area contributed by atoms with E-state index in [0.717, 1.165) is 37.4 Å². The van der Waals surface area contributed by atoms with Crippen molar-refractivity contribution in [2.24, 2.45) is 0 Å². The Labute approximate surface area is 175 Å². The van der Waals surface area contributed by atoms with Crippen LogP contribution in [0.3, 0.4) is 0 Å². The second kappa shape index (κ2) is 9.11. The number of carbonyl (C=O) groups is 2. The lowest BCUT2D eigenvalue weighted by atomic mass is 10.1. The molecular weight excluding hydrogens is 425 g/mol. The van der Waals surface area contributed by atoms with Gasteiger partial charge in [-0.25, -0.2) is 14.2 Å². The highest BCUT2D eigenvalue weighted by Crippen LogP contribution is 2.35. The molecule has 3 rings (SSSR count). The van der Waals surface area contributed by atoms with Gasteiger partial charge in [-0.3, -0.25) is 14.6 Å². The van der Waals surface area contributed by atoms with E-state index in [-0.39, 0.29) is 22.5 Å². The summed E-state index contributed by atoms with van der Waals surface area (Å²) in [7, 11) is 1.58. The summed E-state index contributed by atoms with van der Waals surface area (Å²) >= 11 is 8.30. The molecule has 0 bridgehead atoms. The monoisotopic (exact) mass is 443 g/mol. The number of hydrogen-bond donors (Lipinski definition) is 1. The summed E-state index contributed by atoms with van der Waals surface area (Å²) in [5.74, 6) is -1.62. The van der Waals surface area contributed by atoms with E-state index in [1.165, 1.54) is 33.4 Å². The van der Waals surface area contributed by atoms with Crippen LogP contribution in [0.25, 0.3) is 0 Å². The molecular formula is C18H19ClFN3O3S2. The van der Waals surface area contributed by atoms with Gasteiger partial charge < -0.3 is 5.11 Å². The number of benzene rings is 1.